The van der Waals surface area contributed by atoms with E-state index in [9.17, 15) is 14.4 Å². The number of aryl methyl sites for hydroxylation is 2. The van der Waals surface area contributed by atoms with Gasteiger partial charge in [0.05, 0.1) is 18.2 Å². The molecule has 5 nitrogen and oxygen atoms in total. The van der Waals surface area contributed by atoms with Gasteiger partial charge in [0.15, 0.2) is 0 Å². The van der Waals surface area contributed by atoms with Gasteiger partial charge < -0.3 is 9.79 Å². The Bertz CT molecular complexity index is 477. The molecule has 0 amide bonds. The largest absolute Gasteiger partial charge is 0.331 e. The summed E-state index contributed by atoms with van der Waals surface area (Å²) in [5.74, 6) is 0. The molecular weight excluding hydrogens is 299 g/mol. The third kappa shape index (κ3) is 5.22. The predicted octanol–water partition coefficient (Wildman–Crippen LogP) is 3.48. The van der Waals surface area contributed by atoms with E-state index in [1.54, 1.807) is 0 Å². The number of nitrogens with zero attached hydrogens (tertiary/aromatic N) is 2. The monoisotopic (exact) mass is 331 g/mol. The zero-order chi connectivity index (χ0) is 16.6. The van der Waals surface area contributed by atoms with Gasteiger partial charge in [0.25, 0.3) is 0 Å². The van der Waals surface area contributed by atoms with Crippen LogP contribution in [0.1, 0.15) is 65.7 Å². The summed E-state index contributed by atoms with van der Waals surface area (Å²) in [4.78, 5) is 19.3. The van der Waals surface area contributed by atoms with Gasteiger partial charge in [0, 0.05) is 6.42 Å². The maximum atomic E-state index is 11.8. The van der Waals surface area contributed by atoms with Crippen molar-refractivity contribution in [3.63, 3.8) is 0 Å². The molecule has 0 aromatic carbocycles. The minimum Gasteiger partial charge on any atom is -0.324 e. The number of unbranched alkanes of at least 4 members (excludes halogenated alkanes) is 3. The highest BCUT2D eigenvalue weighted by molar-refractivity contribution is 7.53. The van der Waals surface area contributed by atoms with Crippen molar-refractivity contribution in [1.82, 2.24) is 4.57 Å². The van der Waals surface area contributed by atoms with Gasteiger partial charge in [-0.1, -0.05) is 33.6 Å². The Morgan fingerprint density at radius 2 is 1.82 bits per heavy atom. The van der Waals surface area contributed by atoms with Crippen molar-refractivity contribution < 1.29 is 18.9 Å². The normalized spacial score (nSPS) is 12.8. The number of aromatic nitrogens is 2. The Labute approximate surface area is 134 Å². The number of hydrogen-bond donors (Lipinski definition) is 2. The van der Waals surface area contributed by atoms with Crippen molar-refractivity contribution in [1.29, 1.82) is 0 Å². The van der Waals surface area contributed by atoms with E-state index < -0.39 is 12.8 Å². The molecule has 1 aromatic heterocycles. The summed E-state index contributed by atoms with van der Waals surface area (Å²) in [7, 11) is -4.08. The Hall–Kier alpha value is -0.640. The summed E-state index contributed by atoms with van der Waals surface area (Å²) in [5, 5.41) is -0.886. The van der Waals surface area contributed by atoms with Crippen molar-refractivity contribution in [2.75, 3.05) is 0 Å². The summed E-state index contributed by atoms with van der Waals surface area (Å²) in [6.45, 7) is 7.60. The fraction of sp³-hybridized carbons (Fsp3) is 0.812. The predicted molar refractivity (Wildman–Crippen MR) is 88.7 cm³/mol. The van der Waals surface area contributed by atoms with E-state index in [2.05, 4.69) is 11.5 Å². The van der Waals surface area contributed by atoms with Crippen LogP contribution in [0.2, 0.25) is 0 Å². The van der Waals surface area contributed by atoms with Gasteiger partial charge in [-0.25, -0.2) is 9.13 Å². The fourth-order valence-corrected chi connectivity index (χ4v) is 4.14. The smallest absolute Gasteiger partial charge is 0.324 e. The Morgan fingerprint density at radius 1 is 1.14 bits per heavy atom. The van der Waals surface area contributed by atoms with Crippen LogP contribution < -0.4 is 4.57 Å². The van der Waals surface area contributed by atoms with Crippen LogP contribution in [0.25, 0.3) is 0 Å². The van der Waals surface area contributed by atoms with E-state index in [4.69, 9.17) is 0 Å². The molecule has 1 aromatic rings. The van der Waals surface area contributed by atoms with Crippen molar-refractivity contribution in [2.24, 2.45) is 0 Å². The average molecular weight is 331 g/mol. The third-order valence-electron chi connectivity index (χ3n) is 4.79. The third-order valence-corrected chi connectivity index (χ3v) is 6.88. The molecule has 0 fully saturated rings. The van der Waals surface area contributed by atoms with Gasteiger partial charge in [-0.05, 0) is 25.7 Å². The maximum absolute atomic E-state index is 11.8. The molecule has 0 atom stereocenters. The van der Waals surface area contributed by atoms with Gasteiger partial charge in [0.2, 0.25) is 6.33 Å². The molecule has 0 radical (unpaired) electrons. The Balaban J connectivity index is 2.57. The molecule has 0 aliphatic carbocycles. The lowest BCUT2D eigenvalue weighted by Crippen LogP contribution is -2.32. The van der Waals surface area contributed by atoms with Crippen LogP contribution in [0.4, 0.5) is 0 Å². The topological polar surface area (TPSA) is 66.3 Å². The lowest BCUT2D eigenvalue weighted by molar-refractivity contribution is -0.696. The molecular formula is C16H32N2O3P+. The minimum atomic E-state index is -4.08. The molecule has 0 saturated heterocycles. The number of rotatable bonds is 11. The lowest BCUT2D eigenvalue weighted by atomic mass is 9.98. The summed E-state index contributed by atoms with van der Waals surface area (Å²) in [6.07, 6.45) is 12.6. The molecule has 0 unspecified atom stereocenters. The van der Waals surface area contributed by atoms with E-state index in [1.165, 1.54) is 25.7 Å². The summed E-state index contributed by atoms with van der Waals surface area (Å²) in [5.41, 5.74) is 0. The number of hydrogen-bond acceptors (Lipinski definition) is 1. The first-order chi connectivity index (χ1) is 10.4. The van der Waals surface area contributed by atoms with Crippen molar-refractivity contribution in [3.05, 3.63) is 18.7 Å². The average Bonchev–Trinajstić information content (AvgIpc) is 2.92. The summed E-state index contributed by atoms with van der Waals surface area (Å²) >= 11 is 0. The SMILES string of the molecule is CCCCCC[n+]1ccn(CCC(CC)(CC)P(=O)(O)O)c1. The molecule has 6 heteroatoms. The van der Waals surface area contributed by atoms with Gasteiger partial charge in [-0.2, -0.15) is 0 Å². The molecule has 1 rings (SSSR count). The fourth-order valence-electron chi connectivity index (χ4n) is 2.92. The molecule has 0 spiro atoms. The van der Waals surface area contributed by atoms with Crippen LogP contribution in [-0.4, -0.2) is 19.5 Å². The molecule has 0 saturated carbocycles. The lowest BCUT2D eigenvalue weighted by Gasteiger charge is -2.31. The van der Waals surface area contributed by atoms with Crippen LogP contribution in [0.3, 0.4) is 0 Å². The van der Waals surface area contributed by atoms with Gasteiger partial charge >= 0.3 is 7.60 Å². The van der Waals surface area contributed by atoms with Gasteiger partial charge in [0.1, 0.15) is 12.4 Å². The first-order valence-corrected chi connectivity index (χ1v) is 10.1. The second-order valence-corrected chi connectivity index (χ2v) is 8.21. The highest BCUT2D eigenvalue weighted by Gasteiger charge is 2.43. The van der Waals surface area contributed by atoms with E-state index in [-0.39, 0.29) is 0 Å². The van der Waals surface area contributed by atoms with E-state index in [1.807, 2.05) is 37.1 Å². The van der Waals surface area contributed by atoms with Gasteiger partial charge in [-0.15, -0.1) is 0 Å². The molecule has 0 bridgehead atoms. The van der Waals surface area contributed by atoms with Crippen molar-refractivity contribution >= 4 is 7.60 Å². The molecule has 22 heavy (non-hydrogen) atoms. The minimum absolute atomic E-state index is 0.506. The van der Waals surface area contributed by atoms with Gasteiger partial charge in [-0.3, -0.25) is 4.57 Å². The molecule has 0 aliphatic heterocycles. The summed E-state index contributed by atoms with van der Waals surface area (Å²) < 4.78 is 16.0. The van der Waals surface area contributed by atoms with Crippen LogP contribution in [0, 0.1) is 0 Å². The molecule has 1 heterocycles. The van der Waals surface area contributed by atoms with Crippen molar-refractivity contribution in [2.45, 2.75) is 84.0 Å². The van der Waals surface area contributed by atoms with Crippen LogP contribution in [0.5, 0.6) is 0 Å². The standard InChI is InChI=1S/C16H31N2O3P/c1-4-7-8-9-11-17-13-14-18(15-17)12-10-16(5-2,6-3)22(19,20)21/h13-15H,4-12H2,1-3H3,(H-,19,20,21)/p+1. The Morgan fingerprint density at radius 3 is 2.36 bits per heavy atom. The quantitative estimate of drug-likeness (QED) is 0.371. The van der Waals surface area contributed by atoms with Crippen LogP contribution in [0.15, 0.2) is 18.7 Å². The van der Waals surface area contributed by atoms with E-state index in [0.717, 1.165) is 6.54 Å². The maximum Gasteiger partial charge on any atom is 0.331 e. The first kappa shape index (κ1) is 19.4. The zero-order valence-electron chi connectivity index (χ0n) is 14.2. The summed E-state index contributed by atoms with van der Waals surface area (Å²) in [6, 6.07) is 0. The second kappa shape index (κ2) is 8.85. The second-order valence-electron chi connectivity index (χ2n) is 6.18. The molecule has 0 aliphatic rings. The van der Waals surface area contributed by atoms with Crippen LogP contribution in [-0.2, 0) is 17.7 Å². The molecule has 2 N–H and O–H groups in total. The zero-order valence-corrected chi connectivity index (χ0v) is 15.1. The highest BCUT2D eigenvalue weighted by atomic mass is 31.2. The Kier molecular flexibility index (Phi) is 7.81. The van der Waals surface area contributed by atoms with E-state index in [0.29, 0.717) is 25.8 Å². The van der Waals surface area contributed by atoms with E-state index >= 15 is 0 Å². The number of imidazole rings is 1. The van der Waals surface area contributed by atoms with Crippen molar-refractivity contribution in [3.8, 4) is 0 Å². The first-order valence-electron chi connectivity index (χ1n) is 8.49. The van der Waals surface area contributed by atoms with Crippen LogP contribution >= 0.6 is 7.60 Å². The highest BCUT2D eigenvalue weighted by Crippen LogP contribution is 2.56. The molecule has 128 valence electrons.